The minimum atomic E-state index is 0.0704. The molecule has 0 unspecified atom stereocenters. The number of aliphatic hydroxyl groups is 1. The van der Waals surface area contributed by atoms with Crippen LogP contribution in [0.4, 0.5) is 0 Å². The van der Waals surface area contributed by atoms with E-state index in [1.54, 1.807) is 6.20 Å². The number of hydrogen-bond donors (Lipinski definition) is 1. The highest BCUT2D eigenvalue weighted by molar-refractivity contribution is 9.10. The number of nitrogens with zero attached hydrogens (tertiary/aromatic N) is 2. The van der Waals surface area contributed by atoms with Gasteiger partial charge in [0.2, 0.25) is 0 Å². The van der Waals surface area contributed by atoms with E-state index >= 15 is 0 Å². The van der Waals surface area contributed by atoms with Crippen molar-refractivity contribution in [2.75, 3.05) is 6.61 Å². The van der Waals surface area contributed by atoms with E-state index in [-0.39, 0.29) is 6.61 Å². The third-order valence-corrected chi connectivity index (χ3v) is 3.01. The minimum absolute atomic E-state index is 0.0704. The number of aliphatic hydroxyl groups excluding tert-OH is 1. The molecule has 0 atom stereocenters. The zero-order valence-corrected chi connectivity index (χ0v) is 11.1. The van der Waals surface area contributed by atoms with E-state index in [1.165, 1.54) is 5.56 Å². The fourth-order valence-electron chi connectivity index (χ4n) is 1.64. The van der Waals surface area contributed by atoms with E-state index in [0.29, 0.717) is 12.2 Å². The van der Waals surface area contributed by atoms with Crippen LogP contribution in [0.5, 0.6) is 0 Å². The molecule has 2 rings (SSSR count). The number of aromatic nitrogens is 2. The molecule has 0 saturated carbocycles. The first-order chi connectivity index (χ1) is 8.20. The molecule has 0 aliphatic rings. The first kappa shape index (κ1) is 12.2. The fraction of sp³-hybridized carbons (Fsp3) is 0.231. The van der Waals surface area contributed by atoms with Crippen LogP contribution < -0.4 is 0 Å². The second-order valence-electron chi connectivity index (χ2n) is 3.79. The van der Waals surface area contributed by atoms with Gasteiger partial charge in [-0.15, -0.1) is 0 Å². The van der Waals surface area contributed by atoms with Crippen LogP contribution in [0.1, 0.15) is 11.4 Å². The zero-order chi connectivity index (χ0) is 12.3. The Kier molecular flexibility index (Phi) is 3.86. The van der Waals surface area contributed by atoms with Crippen molar-refractivity contribution >= 4 is 15.9 Å². The summed E-state index contributed by atoms with van der Waals surface area (Å²) in [5, 5.41) is 8.89. The molecule has 0 bridgehead atoms. The molecule has 1 aromatic heterocycles. The van der Waals surface area contributed by atoms with Gasteiger partial charge in [0, 0.05) is 22.7 Å². The monoisotopic (exact) mass is 292 g/mol. The van der Waals surface area contributed by atoms with Crippen LogP contribution in [0.15, 0.2) is 34.9 Å². The second kappa shape index (κ2) is 5.38. The summed E-state index contributed by atoms with van der Waals surface area (Å²) >= 11 is 3.46. The normalized spacial score (nSPS) is 10.5. The molecule has 0 amide bonds. The van der Waals surface area contributed by atoms with Gasteiger partial charge in [0.25, 0.3) is 0 Å². The molecule has 1 aromatic carbocycles. The minimum Gasteiger partial charge on any atom is -0.396 e. The van der Waals surface area contributed by atoms with E-state index in [0.717, 1.165) is 15.7 Å². The third kappa shape index (κ3) is 2.90. The Labute approximate surface area is 109 Å². The molecule has 17 heavy (non-hydrogen) atoms. The van der Waals surface area contributed by atoms with Gasteiger partial charge in [0.05, 0.1) is 12.3 Å². The molecule has 0 aliphatic carbocycles. The van der Waals surface area contributed by atoms with Crippen molar-refractivity contribution in [2.24, 2.45) is 0 Å². The highest BCUT2D eigenvalue weighted by Crippen LogP contribution is 2.25. The molecule has 4 heteroatoms. The Morgan fingerprint density at radius 1 is 1.29 bits per heavy atom. The SMILES string of the molecule is Cc1ccc(Br)cc1-c1ccnc(CCO)n1. The largest absolute Gasteiger partial charge is 0.396 e. The lowest BCUT2D eigenvalue weighted by Gasteiger charge is -2.07. The summed E-state index contributed by atoms with van der Waals surface area (Å²) in [6.07, 6.45) is 2.22. The third-order valence-electron chi connectivity index (χ3n) is 2.52. The summed E-state index contributed by atoms with van der Waals surface area (Å²) in [6.45, 7) is 2.12. The highest BCUT2D eigenvalue weighted by atomic mass is 79.9. The smallest absolute Gasteiger partial charge is 0.131 e. The molecular weight excluding hydrogens is 280 g/mol. The fourth-order valence-corrected chi connectivity index (χ4v) is 2.00. The molecule has 0 aliphatic heterocycles. The Morgan fingerprint density at radius 3 is 2.88 bits per heavy atom. The lowest BCUT2D eigenvalue weighted by atomic mass is 10.1. The van der Waals surface area contributed by atoms with Gasteiger partial charge in [0.1, 0.15) is 5.82 Å². The van der Waals surface area contributed by atoms with E-state index < -0.39 is 0 Å². The molecule has 0 spiro atoms. The summed E-state index contributed by atoms with van der Waals surface area (Å²) in [5.74, 6) is 0.671. The number of aryl methyl sites for hydroxylation is 1. The molecule has 1 N–H and O–H groups in total. The molecule has 88 valence electrons. The number of hydrogen-bond acceptors (Lipinski definition) is 3. The Bertz CT molecular complexity index is 529. The van der Waals surface area contributed by atoms with Crippen LogP contribution in [0.2, 0.25) is 0 Å². The predicted octanol–water partition coefficient (Wildman–Crippen LogP) is 2.75. The molecule has 0 saturated heterocycles. The molecule has 3 nitrogen and oxygen atoms in total. The van der Waals surface area contributed by atoms with Crippen LogP contribution in [0.25, 0.3) is 11.3 Å². The maximum atomic E-state index is 8.89. The molecule has 0 radical (unpaired) electrons. The standard InChI is InChI=1S/C13H13BrN2O/c1-9-2-3-10(14)8-11(9)12-4-6-15-13(16-12)5-7-17/h2-4,6,8,17H,5,7H2,1H3. The van der Waals surface area contributed by atoms with E-state index in [2.05, 4.69) is 32.8 Å². The average molecular weight is 293 g/mol. The Hall–Kier alpha value is -1.26. The lowest BCUT2D eigenvalue weighted by molar-refractivity contribution is 0.296. The first-order valence-corrected chi connectivity index (χ1v) is 6.19. The quantitative estimate of drug-likeness (QED) is 0.946. The molecular formula is C13H13BrN2O. The number of halogens is 1. The maximum Gasteiger partial charge on any atom is 0.131 e. The molecule has 1 heterocycles. The average Bonchev–Trinajstić information content (AvgIpc) is 2.33. The second-order valence-corrected chi connectivity index (χ2v) is 4.71. The summed E-state index contributed by atoms with van der Waals surface area (Å²) in [5.41, 5.74) is 3.14. The van der Waals surface area contributed by atoms with Crippen LogP contribution in [0, 0.1) is 6.92 Å². The van der Waals surface area contributed by atoms with Gasteiger partial charge in [-0.3, -0.25) is 0 Å². The van der Waals surface area contributed by atoms with Gasteiger partial charge >= 0.3 is 0 Å². The summed E-state index contributed by atoms with van der Waals surface area (Å²) < 4.78 is 1.03. The van der Waals surface area contributed by atoms with Crippen LogP contribution in [0.3, 0.4) is 0 Å². The van der Waals surface area contributed by atoms with Crippen molar-refractivity contribution < 1.29 is 5.11 Å². The van der Waals surface area contributed by atoms with Crippen LogP contribution in [-0.2, 0) is 6.42 Å². The summed E-state index contributed by atoms with van der Waals surface area (Å²) in [7, 11) is 0. The van der Waals surface area contributed by atoms with Gasteiger partial charge in [-0.2, -0.15) is 0 Å². The summed E-state index contributed by atoms with van der Waals surface area (Å²) in [6, 6.07) is 7.98. The van der Waals surface area contributed by atoms with Crippen molar-refractivity contribution in [2.45, 2.75) is 13.3 Å². The maximum absolute atomic E-state index is 8.89. The van der Waals surface area contributed by atoms with Crippen molar-refractivity contribution in [3.05, 3.63) is 46.3 Å². The van der Waals surface area contributed by atoms with Gasteiger partial charge in [0.15, 0.2) is 0 Å². The van der Waals surface area contributed by atoms with Gasteiger partial charge < -0.3 is 5.11 Å². The van der Waals surface area contributed by atoms with Crippen LogP contribution in [-0.4, -0.2) is 21.7 Å². The topological polar surface area (TPSA) is 46.0 Å². The number of rotatable bonds is 3. The number of benzene rings is 1. The van der Waals surface area contributed by atoms with Crippen molar-refractivity contribution in [1.29, 1.82) is 0 Å². The first-order valence-electron chi connectivity index (χ1n) is 5.40. The van der Waals surface area contributed by atoms with Gasteiger partial charge in [-0.05, 0) is 30.7 Å². The van der Waals surface area contributed by atoms with Crippen molar-refractivity contribution in [3.63, 3.8) is 0 Å². The highest BCUT2D eigenvalue weighted by Gasteiger charge is 2.05. The molecule has 0 fully saturated rings. The van der Waals surface area contributed by atoms with Crippen molar-refractivity contribution in [3.8, 4) is 11.3 Å². The lowest BCUT2D eigenvalue weighted by Crippen LogP contribution is -1.99. The van der Waals surface area contributed by atoms with Crippen LogP contribution >= 0.6 is 15.9 Å². The Balaban J connectivity index is 2.45. The van der Waals surface area contributed by atoms with E-state index in [4.69, 9.17) is 5.11 Å². The zero-order valence-electron chi connectivity index (χ0n) is 9.52. The van der Waals surface area contributed by atoms with E-state index in [9.17, 15) is 0 Å². The predicted molar refractivity (Wildman–Crippen MR) is 70.7 cm³/mol. The van der Waals surface area contributed by atoms with Gasteiger partial charge in [-0.25, -0.2) is 9.97 Å². The van der Waals surface area contributed by atoms with Crippen molar-refractivity contribution in [1.82, 2.24) is 9.97 Å². The molecule has 2 aromatic rings. The van der Waals surface area contributed by atoms with E-state index in [1.807, 2.05) is 24.3 Å². The van der Waals surface area contributed by atoms with Gasteiger partial charge in [-0.1, -0.05) is 22.0 Å². The summed E-state index contributed by atoms with van der Waals surface area (Å²) in [4.78, 5) is 8.57. The Morgan fingerprint density at radius 2 is 2.12 bits per heavy atom.